The molecular weight excluding hydrogens is 198 g/mol. The first-order chi connectivity index (χ1) is 5.47. The predicted octanol–water partition coefficient (Wildman–Crippen LogP) is 0.758. The van der Waals surface area contributed by atoms with Gasteiger partial charge in [0.15, 0.2) is 0 Å². The average molecular weight is 205 g/mol. The second-order valence-electron chi connectivity index (χ2n) is 2.28. The topological polar surface area (TPSA) is 67.3 Å². The van der Waals surface area contributed by atoms with Gasteiger partial charge in [-0.1, -0.05) is 0 Å². The second-order valence-corrected chi connectivity index (χ2v) is 4.25. The number of pyridine rings is 1. The highest BCUT2D eigenvalue weighted by Gasteiger charge is 2.06. The summed E-state index contributed by atoms with van der Waals surface area (Å²) < 4.78 is 29.3. The normalized spacial score (nSPS) is 11.5. The number of thiol groups is 1. The van der Waals surface area contributed by atoms with E-state index in [-0.39, 0.29) is 0 Å². The van der Waals surface area contributed by atoms with Crippen molar-refractivity contribution >= 4 is 22.7 Å². The van der Waals surface area contributed by atoms with E-state index in [4.69, 9.17) is 4.55 Å². The Bertz CT molecular complexity index is 374. The zero-order chi connectivity index (χ0) is 9.19. The lowest BCUT2D eigenvalue weighted by molar-refractivity contribution is 0.482. The fourth-order valence-electron chi connectivity index (χ4n) is 0.763. The van der Waals surface area contributed by atoms with Gasteiger partial charge in [-0.2, -0.15) is 8.42 Å². The highest BCUT2D eigenvalue weighted by molar-refractivity contribution is 7.85. The molecule has 0 amide bonds. The van der Waals surface area contributed by atoms with Crippen LogP contribution in [0.15, 0.2) is 23.4 Å². The first-order valence-corrected chi connectivity index (χ1v) is 5.11. The van der Waals surface area contributed by atoms with Gasteiger partial charge in [-0.25, -0.2) is 0 Å². The van der Waals surface area contributed by atoms with Crippen molar-refractivity contribution in [2.24, 2.45) is 0 Å². The summed E-state index contributed by atoms with van der Waals surface area (Å²) >= 11 is 3.96. The third-order valence-electron chi connectivity index (χ3n) is 1.13. The molecule has 0 fully saturated rings. The molecule has 0 aliphatic carbocycles. The fraction of sp³-hybridized carbons (Fsp3) is 0.167. The number of rotatable bonds is 2. The Morgan fingerprint density at radius 1 is 1.50 bits per heavy atom. The van der Waals surface area contributed by atoms with Crippen LogP contribution in [-0.2, 0) is 15.9 Å². The molecule has 66 valence electrons. The summed E-state index contributed by atoms with van der Waals surface area (Å²) in [6, 6.07) is 1.53. The van der Waals surface area contributed by atoms with Crippen molar-refractivity contribution in [1.82, 2.24) is 4.98 Å². The standard InChI is InChI=1S/C6H7NO3S2/c8-12(9,10)4-5-1-6(11)3-7-2-5/h1-3,11H,4H2,(H,8,9,10). The molecule has 1 aromatic rings. The molecule has 12 heavy (non-hydrogen) atoms. The van der Waals surface area contributed by atoms with Crippen molar-refractivity contribution in [3.8, 4) is 0 Å². The van der Waals surface area contributed by atoms with E-state index >= 15 is 0 Å². The molecule has 1 rings (SSSR count). The summed E-state index contributed by atoms with van der Waals surface area (Å²) in [6.07, 6.45) is 2.85. The van der Waals surface area contributed by atoms with Crippen molar-refractivity contribution in [3.05, 3.63) is 24.0 Å². The van der Waals surface area contributed by atoms with Crippen LogP contribution in [0, 0.1) is 0 Å². The monoisotopic (exact) mass is 205 g/mol. The van der Waals surface area contributed by atoms with Crippen LogP contribution >= 0.6 is 12.6 Å². The van der Waals surface area contributed by atoms with Crippen molar-refractivity contribution < 1.29 is 13.0 Å². The Morgan fingerprint density at radius 2 is 2.17 bits per heavy atom. The summed E-state index contributed by atoms with van der Waals surface area (Å²) in [5.41, 5.74) is 0.421. The number of hydrogen-bond donors (Lipinski definition) is 2. The van der Waals surface area contributed by atoms with E-state index in [1.165, 1.54) is 18.5 Å². The third-order valence-corrected chi connectivity index (χ3v) is 2.07. The molecule has 0 unspecified atom stereocenters. The Hall–Kier alpha value is -0.590. The van der Waals surface area contributed by atoms with Crippen molar-refractivity contribution in [3.63, 3.8) is 0 Å². The Balaban J connectivity index is 2.91. The van der Waals surface area contributed by atoms with Gasteiger partial charge in [0.2, 0.25) is 0 Å². The molecule has 4 nitrogen and oxygen atoms in total. The summed E-state index contributed by atoms with van der Waals surface area (Å²) in [5.74, 6) is -0.422. The molecule has 1 heterocycles. The van der Waals surface area contributed by atoms with Crippen molar-refractivity contribution in [1.29, 1.82) is 0 Å². The summed E-state index contributed by atoms with van der Waals surface area (Å²) in [4.78, 5) is 4.28. The molecule has 0 saturated carbocycles. The van der Waals surface area contributed by atoms with Crippen LogP contribution < -0.4 is 0 Å². The minimum atomic E-state index is -3.97. The molecule has 0 atom stereocenters. The van der Waals surface area contributed by atoms with Crippen molar-refractivity contribution in [2.75, 3.05) is 0 Å². The van der Waals surface area contributed by atoms with Crippen LogP contribution in [0.5, 0.6) is 0 Å². The predicted molar refractivity (Wildman–Crippen MR) is 46.7 cm³/mol. The van der Waals surface area contributed by atoms with Gasteiger partial charge in [-0.05, 0) is 11.6 Å². The van der Waals surface area contributed by atoms with E-state index < -0.39 is 15.9 Å². The molecule has 0 saturated heterocycles. The molecule has 0 bridgehead atoms. The van der Waals surface area contributed by atoms with Crippen LogP contribution in [0.4, 0.5) is 0 Å². The number of aromatic nitrogens is 1. The number of hydrogen-bond acceptors (Lipinski definition) is 4. The van der Waals surface area contributed by atoms with Gasteiger partial charge in [0.1, 0.15) is 5.75 Å². The highest BCUT2D eigenvalue weighted by Crippen LogP contribution is 2.08. The summed E-state index contributed by atoms with van der Waals surface area (Å²) in [7, 11) is -3.97. The van der Waals surface area contributed by atoms with Gasteiger partial charge >= 0.3 is 0 Å². The van der Waals surface area contributed by atoms with E-state index in [1.807, 2.05) is 0 Å². The van der Waals surface area contributed by atoms with Gasteiger partial charge < -0.3 is 0 Å². The van der Waals surface area contributed by atoms with Crippen LogP contribution in [0.25, 0.3) is 0 Å². The van der Waals surface area contributed by atoms with Crippen LogP contribution in [-0.4, -0.2) is 18.0 Å². The van der Waals surface area contributed by atoms with E-state index in [2.05, 4.69) is 17.6 Å². The Morgan fingerprint density at radius 3 is 2.67 bits per heavy atom. The first kappa shape index (κ1) is 9.50. The second kappa shape index (κ2) is 3.42. The smallest absolute Gasteiger partial charge is 0.269 e. The van der Waals surface area contributed by atoms with E-state index in [0.29, 0.717) is 10.5 Å². The zero-order valence-electron chi connectivity index (χ0n) is 6.01. The van der Waals surface area contributed by atoms with Crippen molar-refractivity contribution in [2.45, 2.75) is 10.6 Å². The molecule has 0 aromatic carbocycles. The number of nitrogens with zero attached hydrogens (tertiary/aromatic N) is 1. The van der Waals surface area contributed by atoms with Gasteiger partial charge in [0.05, 0.1) is 0 Å². The van der Waals surface area contributed by atoms with Crippen LogP contribution in [0.1, 0.15) is 5.56 Å². The first-order valence-electron chi connectivity index (χ1n) is 3.05. The summed E-state index contributed by atoms with van der Waals surface area (Å²) in [5, 5.41) is 0. The Kier molecular flexibility index (Phi) is 2.71. The molecule has 1 N–H and O–H groups in total. The molecule has 0 aliphatic rings. The lowest BCUT2D eigenvalue weighted by Gasteiger charge is -1.97. The van der Waals surface area contributed by atoms with Crippen LogP contribution in [0.2, 0.25) is 0 Å². The largest absolute Gasteiger partial charge is 0.285 e. The molecule has 0 aliphatic heterocycles. The molecule has 0 spiro atoms. The van der Waals surface area contributed by atoms with Gasteiger partial charge in [-0.15, -0.1) is 12.6 Å². The Labute approximate surface area is 75.8 Å². The maximum Gasteiger partial charge on any atom is 0.269 e. The fourth-order valence-corrected chi connectivity index (χ4v) is 1.58. The quantitative estimate of drug-likeness (QED) is 0.552. The minimum absolute atomic E-state index is 0.421. The SMILES string of the molecule is O=S(=O)(O)Cc1cncc(S)c1. The molecular formula is C6H7NO3S2. The lowest BCUT2D eigenvalue weighted by atomic mass is 10.3. The van der Waals surface area contributed by atoms with Gasteiger partial charge in [0.25, 0.3) is 10.1 Å². The van der Waals surface area contributed by atoms with Crippen LogP contribution in [0.3, 0.4) is 0 Å². The zero-order valence-corrected chi connectivity index (χ0v) is 7.72. The lowest BCUT2D eigenvalue weighted by Crippen LogP contribution is -2.01. The van der Waals surface area contributed by atoms with Gasteiger partial charge in [-0.3, -0.25) is 9.54 Å². The average Bonchev–Trinajstić information content (AvgIpc) is 1.82. The minimum Gasteiger partial charge on any atom is -0.285 e. The van der Waals surface area contributed by atoms with E-state index in [1.54, 1.807) is 0 Å². The molecule has 0 radical (unpaired) electrons. The molecule has 1 aromatic heterocycles. The van der Waals surface area contributed by atoms with E-state index in [0.717, 1.165) is 0 Å². The molecule has 6 heteroatoms. The van der Waals surface area contributed by atoms with Gasteiger partial charge in [0, 0.05) is 17.3 Å². The summed E-state index contributed by atoms with van der Waals surface area (Å²) in [6.45, 7) is 0. The maximum atomic E-state index is 10.4. The maximum absolute atomic E-state index is 10.4. The highest BCUT2D eigenvalue weighted by atomic mass is 32.2. The van der Waals surface area contributed by atoms with E-state index in [9.17, 15) is 8.42 Å². The third kappa shape index (κ3) is 3.21.